The SMILES string of the molecule is O=C(OCCNc1ccccc1)OCCNc1ccccc1.O=S(=O)(O)O.O=S(=O)(O)O.[H-].[H-].[K+].[K+]. The van der Waals surface area contributed by atoms with Gasteiger partial charge in [-0.25, -0.2) is 4.79 Å². The summed E-state index contributed by atoms with van der Waals surface area (Å²) in [4.78, 5) is 11.4. The van der Waals surface area contributed by atoms with Crippen LogP contribution in [0.5, 0.6) is 0 Å². The van der Waals surface area contributed by atoms with Crippen LogP contribution in [-0.4, -0.2) is 67.5 Å². The molecule has 6 N–H and O–H groups in total. The van der Waals surface area contributed by atoms with Crippen LogP contribution in [0, 0.1) is 0 Å². The first-order valence-corrected chi connectivity index (χ1v) is 11.4. The molecule has 0 bridgehead atoms. The van der Waals surface area contributed by atoms with E-state index in [2.05, 4.69) is 10.6 Å². The van der Waals surface area contributed by atoms with Crippen molar-refractivity contribution in [2.24, 2.45) is 0 Å². The number of carbonyl (C=O) groups excluding carboxylic acids is 1. The molecule has 0 aliphatic carbocycles. The Bertz CT molecular complexity index is 897. The van der Waals surface area contributed by atoms with Crippen molar-refractivity contribution in [3.63, 3.8) is 0 Å². The molecule has 0 amide bonds. The smallest absolute Gasteiger partial charge is 1.00 e. The third kappa shape index (κ3) is 34.5. The Morgan fingerprint density at radius 2 is 0.941 bits per heavy atom. The monoisotopic (exact) mass is 576 g/mol. The van der Waals surface area contributed by atoms with Crippen LogP contribution in [0.3, 0.4) is 0 Å². The second-order valence-electron chi connectivity index (χ2n) is 5.43. The van der Waals surface area contributed by atoms with Gasteiger partial charge in [0, 0.05) is 24.5 Å². The molecule has 2 aromatic carbocycles. The molecule has 0 saturated heterocycles. The van der Waals surface area contributed by atoms with Crippen LogP contribution in [0.2, 0.25) is 0 Å². The van der Waals surface area contributed by atoms with Gasteiger partial charge < -0.3 is 23.0 Å². The third-order valence-corrected chi connectivity index (χ3v) is 2.85. The molecule has 2 rings (SSSR count). The second-order valence-corrected chi connectivity index (χ2v) is 7.22. The molecule has 2 aromatic rings. The van der Waals surface area contributed by atoms with E-state index in [1.54, 1.807) is 0 Å². The first-order chi connectivity index (χ1) is 14.8. The van der Waals surface area contributed by atoms with Crippen LogP contribution >= 0.6 is 0 Å². The van der Waals surface area contributed by atoms with Crippen molar-refractivity contribution in [2.45, 2.75) is 0 Å². The summed E-state index contributed by atoms with van der Waals surface area (Å²) in [5, 5.41) is 6.29. The molecule has 0 aliphatic heterocycles. The molecule has 0 radical (unpaired) electrons. The van der Waals surface area contributed by atoms with Crippen molar-refractivity contribution in [3.8, 4) is 0 Å². The first kappa shape index (κ1) is 38.8. The van der Waals surface area contributed by atoms with Gasteiger partial charge >= 0.3 is 130 Å². The Kier molecular flexibility index (Phi) is 25.7. The molecule has 17 heteroatoms. The van der Waals surface area contributed by atoms with Crippen LogP contribution in [0.15, 0.2) is 60.7 Å². The molecule has 13 nitrogen and oxygen atoms in total. The zero-order valence-corrected chi connectivity index (χ0v) is 26.4. The zero-order chi connectivity index (χ0) is 24.5. The maximum atomic E-state index is 11.4. The van der Waals surface area contributed by atoms with Crippen molar-refractivity contribution in [1.29, 1.82) is 0 Å². The summed E-state index contributed by atoms with van der Waals surface area (Å²) >= 11 is 0. The standard InChI is InChI=1S/C17H20N2O3.2K.2H2O4S.2H/c20-17(21-13-11-18-15-7-3-1-4-8-15)22-14-12-19-16-9-5-2-6-10-16;;;2*1-5(2,3)4;;/h1-10,18-19H,11-14H2;;;2*(H2,1,2,3,4);;/q;2*+1;;;2*-1. The normalized spacial score (nSPS) is 9.76. The van der Waals surface area contributed by atoms with E-state index in [4.69, 9.17) is 44.5 Å². The van der Waals surface area contributed by atoms with E-state index in [-0.39, 0.29) is 119 Å². The number of carbonyl (C=O) groups is 1. The van der Waals surface area contributed by atoms with Crippen molar-refractivity contribution in [1.82, 2.24) is 0 Å². The maximum absolute atomic E-state index is 11.4. The number of para-hydroxylation sites is 2. The average Bonchev–Trinajstić information content (AvgIpc) is 2.68. The number of rotatable bonds is 8. The molecular weight excluding hydrogens is 551 g/mol. The number of hydrogen-bond acceptors (Lipinski definition) is 9. The Morgan fingerprint density at radius 3 is 1.21 bits per heavy atom. The number of ether oxygens (including phenoxy) is 2. The van der Waals surface area contributed by atoms with E-state index in [0.29, 0.717) is 13.1 Å². The third-order valence-electron chi connectivity index (χ3n) is 2.85. The van der Waals surface area contributed by atoms with Gasteiger partial charge in [-0.3, -0.25) is 18.2 Å². The Labute approximate surface area is 286 Å². The minimum atomic E-state index is -4.67. The molecule has 0 spiro atoms. The summed E-state index contributed by atoms with van der Waals surface area (Å²) in [5.41, 5.74) is 1.98. The van der Waals surface area contributed by atoms with Gasteiger partial charge in [-0.1, -0.05) is 36.4 Å². The molecule has 0 atom stereocenters. The predicted molar refractivity (Wildman–Crippen MR) is 118 cm³/mol. The summed E-state index contributed by atoms with van der Waals surface area (Å²) in [5.74, 6) is 0. The van der Waals surface area contributed by atoms with E-state index in [1.807, 2.05) is 60.7 Å². The Morgan fingerprint density at radius 1 is 0.676 bits per heavy atom. The maximum Gasteiger partial charge on any atom is 1.00 e. The molecule has 184 valence electrons. The fourth-order valence-corrected chi connectivity index (χ4v) is 1.81. The molecule has 0 fully saturated rings. The average molecular weight is 577 g/mol. The van der Waals surface area contributed by atoms with Gasteiger partial charge in [0.2, 0.25) is 0 Å². The van der Waals surface area contributed by atoms with Gasteiger partial charge in [0.05, 0.1) is 0 Å². The number of anilines is 2. The molecule has 34 heavy (non-hydrogen) atoms. The van der Waals surface area contributed by atoms with Crippen molar-refractivity contribution in [2.75, 3.05) is 36.9 Å². The van der Waals surface area contributed by atoms with Crippen molar-refractivity contribution < 1.29 is 155 Å². The summed E-state index contributed by atoms with van der Waals surface area (Å²) < 4.78 is 73.1. The summed E-state index contributed by atoms with van der Waals surface area (Å²) in [7, 11) is -9.33. The predicted octanol–water partition coefficient (Wildman–Crippen LogP) is -3.71. The summed E-state index contributed by atoms with van der Waals surface area (Å²) in [6.07, 6.45) is -0.648. The largest absolute Gasteiger partial charge is 1.00 e. The molecule has 0 aromatic heterocycles. The quantitative estimate of drug-likeness (QED) is 0.0774. The Balaban J connectivity index is -0.000000196. The van der Waals surface area contributed by atoms with Crippen LogP contribution in [-0.2, 0) is 30.3 Å². The topological polar surface area (TPSA) is 209 Å². The molecule has 0 aliphatic rings. The summed E-state index contributed by atoms with van der Waals surface area (Å²) in [6.45, 7) is 1.61. The van der Waals surface area contributed by atoms with Crippen LogP contribution in [0.4, 0.5) is 16.2 Å². The van der Waals surface area contributed by atoms with Gasteiger partial charge in [0.15, 0.2) is 0 Å². The van der Waals surface area contributed by atoms with Gasteiger partial charge in [0.1, 0.15) is 13.2 Å². The van der Waals surface area contributed by atoms with E-state index >= 15 is 0 Å². The summed E-state index contributed by atoms with van der Waals surface area (Å²) in [6, 6.07) is 19.5. The molecular formula is C17H26K2N2O11S2. The second kappa shape index (κ2) is 22.5. The van der Waals surface area contributed by atoms with E-state index < -0.39 is 27.0 Å². The van der Waals surface area contributed by atoms with E-state index in [1.165, 1.54) is 0 Å². The fourth-order valence-electron chi connectivity index (χ4n) is 1.81. The number of hydrogen-bond donors (Lipinski definition) is 6. The van der Waals surface area contributed by atoms with Crippen molar-refractivity contribution in [3.05, 3.63) is 60.7 Å². The molecule has 0 unspecified atom stereocenters. The van der Waals surface area contributed by atoms with Crippen LogP contribution in [0.25, 0.3) is 0 Å². The van der Waals surface area contributed by atoms with Crippen LogP contribution < -0.4 is 113 Å². The molecule has 0 heterocycles. The van der Waals surface area contributed by atoms with Gasteiger partial charge in [-0.15, -0.1) is 0 Å². The first-order valence-electron chi connectivity index (χ1n) is 8.62. The van der Waals surface area contributed by atoms with Gasteiger partial charge in [-0.2, -0.15) is 16.8 Å². The van der Waals surface area contributed by atoms with E-state index in [9.17, 15) is 4.79 Å². The number of benzene rings is 2. The zero-order valence-electron chi connectivity index (χ0n) is 20.6. The number of nitrogens with one attached hydrogen (secondary N) is 2. The van der Waals surface area contributed by atoms with Crippen molar-refractivity contribution >= 4 is 38.3 Å². The Hall–Kier alpha value is 0.323. The van der Waals surface area contributed by atoms with E-state index in [0.717, 1.165) is 11.4 Å². The van der Waals surface area contributed by atoms with Crippen LogP contribution in [0.1, 0.15) is 2.85 Å². The van der Waals surface area contributed by atoms with Gasteiger partial charge in [0.25, 0.3) is 0 Å². The molecule has 0 saturated carbocycles. The minimum Gasteiger partial charge on any atom is -1.00 e. The van der Waals surface area contributed by atoms with Gasteiger partial charge in [-0.05, 0) is 24.3 Å². The fraction of sp³-hybridized carbons (Fsp3) is 0.235. The minimum absolute atomic E-state index is 0.